The topological polar surface area (TPSA) is 42.4 Å². The highest BCUT2D eigenvalue weighted by atomic mass is 32.1. The van der Waals surface area contributed by atoms with Gasteiger partial charge in [0, 0.05) is 12.1 Å². The SMILES string of the molecule is C[C@H]1COCCN1C(=O)c1ccc2ncsc2c1. The minimum atomic E-state index is 0.0844. The van der Waals surface area contributed by atoms with Crippen LogP contribution in [0.4, 0.5) is 0 Å². The quantitative estimate of drug-likeness (QED) is 0.791. The van der Waals surface area contributed by atoms with Crippen molar-refractivity contribution in [3.8, 4) is 0 Å². The Labute approximate surface area is 109 Å². The summed E-state index contributed by atoms with van der Waals surface area (Å²) in [5, 5.41) is 0. The molecule has 0 bridgehead atoms. The number of carbonyl (C=O) groups excluding carboxylic acids is 1. The zero-order chi connectivity index (χ0) is 12.5. The van der Waals surface area contributed by atoms with Gasteiger partial charge in [-0.1, -0.05) is 0 Å². The molecule has 0 radical (unpaired) electrons. The summed E-state index contributed by atoms with van der Waals surface area (Å²) >= 11 is 1.56. The van der Waals surface area contributed by atoms with Crippen LogP contribution in [-0.2, 0) is 4.74 Å². The number of fused-ring (bicyclic) bond motifs is 1. The first-order chi connectivity index (χ1) is 8.75. The molecule has 1 aliphatic rings. The van der Waals surface area contributed by atoms with Crippen molar-refractivity contribution in [3.05, 3.63) is 29.3 Å². The monoisotopic (exact) mass is 262 g/mol. The Kier molecular flexibility index (Phi) is 3.01. The maximum Gasteiger partial charge on any atom is 0.254 e. The number of benzene rings is 1. The van der Waals surface area contributed by atoms with Crippen molar-refractivity contribution in [3.63, 3.8) is 0 Å². The summed E-state index contributed by atoms with van der Waals surface area (Å²) in [6, 6.07) is 5.83. The molecule has 1 aromatic heterocycles. The summed E-state index contributed by atoms with van der Waals surface area (Å²) in [5.41, 5.74) is 3.49. The summed E-state index contributed by atoms with van der Waals surface area (Å²) in [7, 11) is 0. The van der Waals surface area contributed by atoms with E-state index >= 15 is 0 Å². The van der Waals surface area contributed by atoms with Crippen molar-refractivity contribution in [2.75, 3.05) is 19.8 Å². The van der Waals surface area contributed by atoms with Gasteiger partial charge in [0.05, 0.1) is 35.0 Å². The Morgan fingerprint density at radius 2 is 2.44 bits per heavy atom. The molecule has 0 spiro atoms. The van der Waals surface area contributed by atoms with E-state index in [1.807, 2.05) is 30.0 Å². The van der Waals surface area contributed by atoms with E-state index in [1.165, 1.54) is 0 Å². The van der Waals surface area contributed by atoms with Crippen LogP contribution in [0.2, 0.25) is 0 Å². The molecule has 1 saturated heterocycles. The molecule has 2 aromatic rings. The summed E-state index contributed by atoms with van der Waals surface area (Å²) in [6.45, 7) is 3.93. The number of amides is 1. The van der Waals surface area contributed by atoms with E-state index in [9.17, 15) is 4.79 Å². The molecular formula is C13H14N2O2S. The van der Waals surface area contributed by atoms with Crippen LogP contribution in [0.1, 0.15) is 17.3 Å². The van der Waals surface area contributed by atoms with E-state index in [0.717, 1.165) is 15.8 Å². The molecule has 1 aliphatic heterocycles. The highest BCUT2D eigenvalue weighted by molar-refractivity contribution is 7.16. The highest BCUT2D eigenvalue weighted by Gasteiger charge is 2.24. The third-order valence-corrected chi connectivity index (χ3v) is 4.00. The fourth-order valence-electron chi connectivity index (χ4n) is 2.18. The average molecular weight is 262 g/mol. The summed E-state index contributed by atoms with van der Waals surface area (Å²) < 4.78 is 6.41. The molecule has 0 aliphatic carbocycles. The number of thiazole rings is 1. The van der Waals surface area contributed by atoms with E-state index in [0.29, 0.717) is 19.8 Å². The van der Waals surface area contributed by atoms with Gasteiger partial charge in [0.15, 0.2) is 0 Å². The van der Waals surface area contributed by atoms with Crippen LogP contribution in [0.5, 0.6) is 0 Å². The van der Waals surface area contributed by atoms with Gasteiger partial charge in [-0.05, 0) is 25.1 Å². The Morgan fingerprint density at radius 3 is 3.28 bits per heavy atom. The molecule has 1 fully saturated rings. The molecule has 2 heterocycles. The maximum atomic E-state index is 12.4. The van der Waals surface area contributed by atoms with Gasteiger partial charge < -0.3 is 9.64 Å². The molecule has 0 saturated carbocycles. The third kappa shape index (κ3) is 2.00. The van der Waals surface area contributed by atoms with Crippen LogP contribution in [0.3, 0.4) is 0 Å². The Hall–Kier alpha value is -1.46. The Morgan fingerprint density at radius 1 is 1.56 bits per heavy atom. The second kappa shape index (κ2) is 4.66. The van der Waals surface area contributed by atoms with Gasteiger partial charge in [-0.15, -0.1) is 11.3 Å². The molecular weight excluding hydrogens is 248 g/mol. The third-order valence-electron chi connectivity index (χ3n) is 3.21. The lowest BCUT2D eigenvalue weighted by Gasteiger charge is -2.33. The van der Waals surface area contributed by atoms with Crippen LogP contribution in [0.25, 0.3) is 10.2 Å². The van der Waals surface area contributed by atoms with Gasteiger partial charge in [-0.25, -0.2) is 4.98 Å². The smallest absolute Gasteiger partial charge is 0.254 e. The normalized spacial score (nSPS) is 20.3. The zero-order valence-electron chi connectivity index (χ0n) is 10.1. The first-order valence-electron chi connectivity index (χ1n) is 5.97. The van der Waals surface area contributed by atoms with Gasteiger partial charge in [-0.2, -0.15) is 0 Å². The number of hydrogen-bond acceptors (Lipinski definition) is 4. The van der Waals surface area contributed by atoms with Crippen molar-refractivity contribution in [2.45, 2.75) is 13.0 Å². The van der Waals surface area contributed by atoms with Crippen molar-refractivity contribution < 1.29 is 9.53 Å². The molecule has 1 amide bonds. The number of rotatable bonds is 1. The summed E-state index contributed by atoms with van der Waals surface area (Å²) in [5.74, 6) is 0.0844. The lowest BCUT2D eigenvalue weighted by Crippen LogP contribution is -2.47. The van der Waals surface area contributed by atoms with Crippen LogP contribution in [0, 0.1) is 0 Å². The van der Waals surface area contributed by atoms with E-state index in [1.54, 1.807) is 16.8 Å². The lowest BCUT2D eigenvalue weighted by molar-refractivity contribution is 0.00360. The molecule has 0 unspecified atom stereocenters. The maximum absolute atomic E-state index is 12.4. The molecule has 5 heteroatoms. The first kappa shape index (κ1) is 11.6. The summed E-state index contributed by atoms with van der Waals surface area (Å²) in [6.07, 6.45) is 0. The Balaban J connectivity index is 1.90. The largest absolute Gasteiger partial charge is 0.377 e. The van der Waals surface area contributed by atoms with Crippen molar-refractivity contribution in [1.29, 1.82) is 0 Å². The second-order valence-electron chi connectivity index (χ2n) is 4.46. The second-order valence-corrected chi connectivity index (χ2v) is 5.34. The number of carbonyl (C=O) groups is 1. The minimum Gasteiger partial charge on any atom is -0.377 e. The average Bonchev–Trinajstić information content (AvgIpc) is 2.85. The molecule has 1 atom stereocenters. The van der Waals surface area contributed by atoms with Crippen molar-refractivity contribution in [2.24, 2.45) is 0 Å². The van der Waals surface area contributed by atoms with Gasteiger partial charge in [-0.3, -0.25) is 4.79 Å². The van der Waals surface area contributed by atoms with Crippen molar-refractivity contribution >= 4 is 27.5 Å². The van der Waals surface area contributed by atoms with Crippen LogP contribution < -0.4 is 0 Å². The van der Waals surface area contributed by atoms with Crippen LogP contribution in [-0.4, -0.2) is 41.6 Å². The molecule has 3 rings (SSSR count). The molecule has 0 N–H and O–H groups in total. The number of hydrogen-bond donors (Lipinski definition) is 0. The fraction of sp³-hybridized carbons (Fsp3) is 0.385. The summed E-state index contributed by atoms with van der Waals surface area (Å²) in [4.78, 5) is 18.5. The minimum absolute atomic E-state index is 0.0844. The van der Waals surface area contributed by atoms with Crippen LogP contribution in [0.15, 0.2) is 23.7 Å². The number of aromatic nitrogens is 1. The number of ether oxygens (including phenoxy) is 1. The first-order valence-corrected chi connectivity index (χ1v) is 6.85. The van der Waals surface area contributed by atoms with Gasteiger partial charge in [0.25, 0.3) is 5.91 Å². The fourth-order valence-corrected chi connectivity index (χ4v) is 2.90. The van der Waals surface area contributed by atoms with E-state index < -0.39 is 0 Å². The molecule has 18 heavy (non-hydrogen) atoms. The van der Waals surface area contributed by atoms with Gasteiger partial charge in [0.1, 0.15) is 0 Å². The standard InChI is InChI=1S/C13H14N2O2S/c1-9-7-17-5-4-15(9)13(16)10-2-3-11-12(6-10)18-8-14-11/h2-3,6,8-9H,4-5,7H2,1H3/t9-/m0/s1. The highest BCUT2D eigenvalue weighted by Crippen LogP contribution is 2.21. The lowest BCUT2D eigenvalue weighted by atomic mass is 10.1. The molecule has 1 aromatic carbocycles. The van der Waals surface area contributed by atoms with E-state index in [4.69, 9.17) is 4.74 Å². The molecule has 4 nitrogen and oxygen atoms in total. The van der Waals surface area contributed by atoms with E-state index in [-0.39, 0.29) is 11.9 Å². The van der Waals surface area contributed by atoms with Gasteiger partial charge >= 0.3 is 0 Å². The van der Waals surface area contributed by atoms with E-state index in [2.05, 4.69) is 4.98 Å². The predicted molar refractivity (Wildman–Crippen MR) is 70.9 cm³/mol. The Bertz CT molecular complexity index is 581. The number of morpholine rings is 1. The van der Waals surface area contributed by atoms with Crippen LogP contribution >= 0.6 is 11.3 Å². The van der Waals surface area contributed by atoms with Crippen molar-refractivity contribution in [1.82, 2.24) is 9.88 Å². The van der Waals surface area contributed by atoms with Gasteiger partial charge in [0.2, 0.25) is 0 Å². The zero-order valence-corrected chi connectivity index (χ0v) is 10.9. The predicted octanol–water partition coefficient (Wildman–Crippen LogP) is 2.16. The molecule has 94 valence electrons. The number of nitrogens with zero attached hydrogens (tertiary/aromatic N) is 2.